The van der Waals surface area contributed by atoms with Gasteiger partial charge in [-0.15, -0.1) is 0 Å². The first-order valence-corrected chi connectivity index (χ1v) is 10.9. The summed E-state index contributed by atoms with van der Waals surface area (Å²) in [5.74, 6) is -0.175. The van der Waals surface area contributed by atoms with Crippen LogP contribution in [0, 0.1) is 23.7 Å². The van der Waals surface area contributed by atoms with Crippen molar-refractivity contribution < 1.29 is 14.3 Å². The Bertz CT molecular complexity index is 1060. The van der Waals surface area contributed by atoms with Gasteiger partial charge in [-0.05, 0) is 48.6 Å². The Hall–Kier alpha value is -2.55. The van der Waals surface area contributed by atoms with E-state index in [0.717, 1.165) is 16.7 Å². The largest absolute Gasteiger partial charge is 0.445 e. The highest BCUT2D eigenvalue weighted by Gasteiger charge is 2.66. The van der Waals surface area contributed by atoms with Crippen LogP contribution in [0.25, 0.3) is 0 Å². The van der Waals surface area contributed by atoms with Gasteiger partial charge in [-0.3, -0.25) is 4.79 Å². The van der Waals surface area contributed by atoms with Crippen LogP contribution in [0.1, 0.15) is 47.6 Å². The molecule has 2 aliphatic rings. The lowest BCUT2D eigenvalue weighted by Gasteiger charge is -2.56. The normalized spacial score (nSPS) is 24.4. The molecule has 160 valence electrons. The summed E-state index contributed by atoms with van der Waals surface area (Å²) in [6, 6.07) is 16.7. The zero-order valence-electron chi connectivity index (χ0n) is 17.1. The molecule has 31 heavy (non-hydrogen) atoms. The summed E-state index contributed by atoms with van der Waals surface area (Å²) in [7, 11) is 0. The molecule has 2 aromatic rings. The molecular weight excluding hydrogens is 435 g/mol. The number of halogens is 2. The van der Waals surface area contributed by atoms with E-state index < -0.39 is 15.8 Å². The van der Waals surface area contributed by atoms with Gasteiger partial charge >= 0.3 is 6.09 Å². The molecule has 2 aromatic carbocycles. The van der Waals surface area contributed by atoms with E-state index >= 15 is 0 Å². The van der Waals surface area contributed by atoms with Crippen molar-refractivity contribution in [3.8, 4) is 6.07 Å². The second-order valence-corrected chi connectivity index (χ2v) is 9.67. The lowest BCUT2D eigenvalue weighted by Crippen LogP contribution is -2.62. The second-order valence-electron chi connectivity index (χ2n) is 8.34. The van der Waals surface area contributed by atoms with Gasteiger partial charge in [0.05, 0.1) is 17.7 Å². The molecule has 5 nitrogen and oxygen atoms in total. The Morgan fingerprint density at radius 2 is 2.00 bits per heavy atom. The van der Waals surface area contributed by atoms with Gasteiger partial charge in [-0.1, -0.05) is 59.6 Å². The summed E-state index contributed by atoms with van der Waals surface area (Å²) in [5.41, 5.74) is 2.67. The predicted molar refractivity (Wildman–Crippen MR) is 118 cm³/mol. The first-order valence-electron chi connectivity index (χ1n) is 10.2. The number of amides is 1. The fourth-order valence-electron chi connectivity index (χ4n) is 4.65. The molecule has 0 N–H and O–H groups in total. The molecule has 7 heteroatoms. The van der Waals surface area contributed by atoms with Crippen LogP contribution in [0.15, 0.2) is 48.5 Å². The number of aryl methyl sites for hydroxylation is 1. The average molecular weight is 457 g/mol. The number of ketones is 1. The number of carbonyl (C=O) groups excluding carboxylic acids is 2. The molecule has 2 unspecified atom stereocenters. The molecule has 2 fully saturated rings. The number of likely N-dealkylation sites (tertiary alicyclic amines) is 1. The molecule has 0 bridgehead atoms. The maximum atomic E-state index is 13.1. The number of nitrogens with zero attached hydrogens (tertiary/aromatic N) is 2. The Balaban J connectivity index is 1.62. The van der Waals surface area contributed by atoms with Crippen LogP contribution in [-0.4, -0.2) is 27.7 Å². The predicted octanol–water partition coefficient (Wildman–Crippen LogP) is 5.47. The molecule has 2 atom stereocenters. The maximum Gasteiger partial charge on any atom is 0.410 e. The maximum absolute atomic E-state index is 13.1. The Labute approximate surface area is 191 Å². The highest BCUT2D eigenvalue weighted by molar-refractivity contribution is 6.61. The van der Waals surface area contributed by atoms with Crippen molar-refractivity contribution in [1.82, 2.24) is 4.90 Å². The third kappa shape index (κ3) is 3.79. The highest BCUT2D eigenvalue weighted by Crippen LogP contribution is 2.63. The van der Waals surface area contributed by atoms with E-state index in [1.165, 1.54) is 0 Å². The molecule has 1 aliphatic heterocycles. The van der Waals surface area contributed by atoms with Crippen molar-refractivity contribution in [3.63, 3.8) is 0 Å². The van der Waals surface area contributed by atoms with E-state index in [2.05, 4.69) is 6.07 Å². The van der Waals surface area contributed by atoms with Crippen molar-refractivity contribution in [2.24, 2.45) is 5.41 Å². The van der Waals surface area contributed by atoms with Crippen LogP contribution in [-0.2, 0) is 16.1 Å². The molecule has 1 heterocycles. The number of benzene rings is 2. The van der Waals surface area contributed by atoms with E-state index in [1.54, 1.807) is 17.0 Å². The Morgan fingerprint density at radius 1 is 1.26 bits per heavy atom. The van der Waals surface area contributed by atoms with Crippen molar-refractivity contribution in [2.45, 2.75) is 43.2 Å². The van der Waals surface area contributed by atoms with E-state index in [1.807, 2.05) is 43.3 Å². The van der Waals surface area contributed by atoms with Crippen LogP contribution in [0.3, 0.4) is 0 Å². The minimum atomic E-state index is -1.44. The second kappa shape index (κ2) is 8.18. The molecule has 1 saturated carbocycles. The van der Waals surface area contributed by atoms with E-state index in [9.17, 15) is 14.9 Å². The molecule has 1 spiro atoms. The van der Waals surface area contributed by atoms with Crippen molar-refractivity contribution in [2.75, 3.05) is 6.54 Å². The van der Waals surface area contributed by atoms with Crippen LogP contribution >= 0.6 is 23.2 Å². The average Bonchev–Trinajstić information content (AvgIpc) is 2.78. The number of hydrogen-bond donors (Lipinski definition) is 0. The minimum Gasteiger partial charge on any atom is -0.445 e. The topological polar surface area (TPSA) is 70.4 Å². The summed E-state index contributed by atoms with van der Waals surface area (Å²) >= 11 is 12.9. The van der Waals surface area contributed by atoms with Gasteiger partial charge in [0.15, 0.2) is 10.1 Å². The molecule has 1 aliphatic carbocycles. The quantitative estimate of drug-likeness (QED) is 0.573. The first-order chi connectivity index (χ1) is 14.8. The van der Waals surface area contributed by atoms with Gasteiger partial charge in [0.1, 0.15) is 6.61 Å². The van der Waals surface area contributed by atoms with Crippen LogP contribution in [0.5, 0.6) is 0 Å². The zero-order valence-corrected chi connectivity index (χ0v) is 18.6. The van der Waals surface area contributed by atoms with Crippen LogP contribution in [0.2, 0.25) is 0 Å². The van der Waals surface area contributed by atoms with Crippen LogP contribution < -0.4 is 0 Å². The molecule has 1 saturated heterocycles. The third-order valence-electron chi connectivity index (χ3n) is 6.50. The lowest BCUT2D eigenvalue weighted by atomic mass is 9.59. The number of piperidine rings is 1. The van der Waals surface area contributed by atoms with Gasteiger partial charge in [0.2, 0.25) is 0 Å². The fraction of sp³-hybridized carbons (Fsp3) is 0.375. The summed E-state index contributed by atoms with van der Waals surface area (Å²) < 4.78 is 4.16. The number of hydrogen-bond acceptors (Lipinski definition) is 4. The number of rotatable bonds is 3. The minimum absolute atomic E-state index is 0.174. The summed E-state index contributed by atoms with van der Waals surface area (Å²) in [6.45, 7) is 2.46. The van der Waals surface area contributed by atoms with Crippen LogP contribution in [0.4, 0.5) is 4.79 Å². The Morgan fingerprint density at radius 3 is 2.61 bits per heavy atom. The zero-order chi connectivity index (χ0) is 22.2. The monoisotopic (exact) mass is 456 g/mol. The molecular formula is C24H22Cl2N2O3. The molecule has 0 aromatic heterocycles. The number of Topliss-reactive ketones (excluding diaryl/α,β-unsaturated/α-hetero) is 1. The SMILES string of the molecule is Cc1cc(C#N)ccc1C1CC2(CCN1C(=O)OCc1ccccc1)CC(=O)C2(Cl)Cl. The van der Waals surface area contributed by atoms with Gasteiger partial charge in [-0.2, -0.15) is 5.26 Å². The van der Waals surface area contributed by atoms with Crippen molar-refractivity contribution in [3.05, 3.63) is 70.8 Å². The smallest absolute Gasteiger partial charge is 0.410 e. The Kier molecular flexibility index (Phi) is 5.72. The van der Waals surface area contributed by atoms with E-state index in [0.29, 0.717) is 31.4 Å². The van der Waals surface area contributed by atoms with E-state index in [4.69, 9.17) is 27.9 Å². The summed E-state index contributed by atoms with van der Waals surface area (Å²) in [4.78, 5) is 26.8. The van der Waals surface area contributed by atoms with Crippen molar-refractivity contribution >= 4 is 35.1 Å². The first kappa shape index (κ1) is 21.7. The standard InChI is InChI=1S/C24H22Cl2N2O3/c1-16-11-18(14-27)7-8-19(16)20-12-23(13-21(29)24(23,25)26)9-10-28(20)22(30)31-15-17-5-3-2-4-6-17/h2-8,11,20H,9-10,12-13,15H2,1H3. The number of ether oxygens (including phenoxy) is 1. The molecule has 1 amide bonds. The number of carbonyl (C=O) groups is 2. The van der Waals surface area contributed by atoms with Gasteiger partial charge in [0, 0.05) is 18.4 Å². The number of nitriles is 1. The van der Waals surface area contributed by atoms with Crippen molar-refractivity contribution in [1.29, 1.82) is 5.26 Å². The number of alkyl halides is 2. The summed E-state index contributed by atoms with van der Waals surface area (Å²) in [5, 5.41) is 9.20. The molecule has 0 radical (unpaired) electrons. The van der Waals surface area contributed by atoms with Gasteiger partial charge < -0.3 is 9.64 Å². The molecule has 4 rings (SSSR count). The lowest BCUT2D eigenvalue weighted by molar-refractivity contribution is -0.139. The highest BCUT2D eigenvalue weighted by atomic mass is 35.5. The summed E-state index contributed by atoms with van der Waals surface area (Å²) in [6.07, 6.45) is 0.864. The van der Waals surface area contributed by atoms with Gasteiger partial charge in [0.25, 0.3) is 0 Å². The third-order valence-corrected chi connectivity index (χ3v) is 7.73. The van der Waals surface area contributed by atoms with Gasteiger partial charge in [-0.25, -0.2) is 4.79 Å². The fourth-order valence-corrected chi connectivity index (χ4v) is 5.27. The van der Waals surface area contributed by atoms with E-state index in [-0.39, 0.29) is 18.4 Å².